The second kappa shape index (κ2) is 5.42. The van der Waals surface area contributed by atoms with Crippen LogP contribution in [0.4, 0.5) is 5.82 Å². The van der Waals surface area contributed by atoms with E-state index in [0.29, 0.717) is 24.1 Å². The molecule has 1 aromatic heterocycles. The summed E-state index contributed by atoms with van der Waals surface area (Å²) >= 11 is 0. The quantitative estimate of drug-likeness (QED) is 0.891. The number of carbonyl (C=O) groups excluding carboxylic acids is 1. The van der Waals surface area contributed by atoms with Crippen molar-refractivity contribution in [1.29, 1.82) is 0 Å². The first-order valence-corrected chi connectivity index (χ1v) is 6.81. The molecule has 0 bridgehead atoms. The number of carbonyl (C=O) groups is 1. The third kappa shape index (κ3) is 2.35. The molecular weight excluding hydrogens is 228 g/mol. The monoisotopic (exact) mass is 250 g/mol. The van der Waals surface area contributed by atoms with E-state index in [4.69, 9.17) is 5.73 Å². The van der Waals surface area contributed by atoms with Gasteiger partial charge in [-0.2, -0.15) is 5.10 Å². The summed E-state index contributed by atoms with van der Waals surface area (Å²) in [4.78, 5) is 14.4. The van der Waals surface area contributed by atoms with Gasteiger partial charge in [-0.1, -0.05) is 6.92 Å². The molecule has 18 heavy (non-hydrogen) atoms. The number of amides is 1. The minimum Gasteiger partial charge on any atom is -0.384 e. The van der Waals surface area contributed by atoms with Crippen molar-refractivity contribution >= 4 is 11.7 Å². The highest BCUT2D eigenvalue weighted by Gasteiger charge is 2.27. The molecule has 0 aromatic carbocycles. The van der Waals surface area contributed by atoms with Gasteiger partial charge >= 0.3 is 0 Å². The van der Waals surface area contributed by atoms with Crippen molar-refractivity contribution in [2.45, 2.75) is 52.1 Å². The average molecular weight is 250 g/mol. The highest BCUT2D eigenvalue weighted by molar-refractivity contribution is 5.93. The number of rotatable bonds is 3. The molecule has 1 aliphatic heterocycles. The number of piperidine rings is 1. The van der Waals surface area contributed by atoms with Gasteiger partial charge in [-0.15, -0.1) is 0 Å². The van der Waals surface area contributed by atoms with Crippen molar-refractivity contribution in [2.24, 2.45) is 0 Å². The molecule has 100 valence electrons. The zero-order chi connectivity index (χ0) is 13.1. The van der Waals surface area contributed by atoms with Crippen LogP contribution in [0.5, 0.6) is 0 Å². The molecule has 0 aliphatic carbocycles. The fourth-order valence-electron chi connectivity index (χ4n) is 2.63. The van der Waals surface area contributed by atoms with Crippen LogP contribution in [0, 0.1) is 0 Å². The number of aromatic nitrogens is 2. The molecule has 1 aliphatic rings. The molecule has 5 heteroatoms. The lowest BCUT2D eigenvalue weighted by atomic mass is 9.99. The summed E-state index contributed by atoms with van der Waals surface area (Å²) in [5, 5.41) is 4.27. The Bertz CT molecular complexity index is 427. The standard InChI is InChI=1S/C13H22N4O/c1-3-10-7-5-6-8-16(10)13(18)11-9-12(14)17(4-2)15-11/h9-10H,3-8,14H2,1-2H3/t10-/m0/s1. The van der Waals surface area contributed by atoms with Crippen molar-refractivity contribution in [3.63, 3.8) is 0 Å². The summed E-state index contributed by atoms with van der Waals surface area (Å²) in [5.74, 6) is 0.589. The molecule has 0 radical (unpaired) electrons. The minimum absolute atomic E-state index is 0.0282. The Kier molecular flexibility index (Phi) is 3.89. The average Bonchev–Trinajstić information content (AvgIpc) is 2.79. The normalized spacial score (nSPS) is 20.1. The lowest BCUT2D eigenvalue weighted by molar-refractivity contribution is 0.0601. The highest BCUT2D eigenvalue weighted by Crippen LogP contribution is 2.22. The van der Waals surface area contributed by atoms with Crippen LogP contribution in [0.25, 0.3) is 0 Å². The first kappa shape index (κ1) is 12.9. The van der Waals surface area contributed by atoms with Crippen LogP contribution in [0.2, 0.25) is 0 Å². The summed E-state index contributed by atoms with van der Waals surface area (Å²) in [5.41, 5.74) is 6.30. The molecule has 0 spiro atoms. The number of nitrogens with two attached hydrogens (primary N) is 1. The largest absolute Gasteiger partial charge is 0.384 e. The number of hydrogen-bond acceptors (Lipinski definition) is 3. The molecule has 0 saturated carbocycles. The van der Waals surface area contributed by atoms with Crippen LogP contribution in [0.3, 0.4) is 0 Å². The van der Waals surface area contributed by atoms with Crippen LogP contribution in [0.1, 0.15) is 50.0 Å². The van der Waals surface area contributed by atoms with E-state index in [-0.39, 0.29) is 5.91 Å². The van der Waals surface area contributed by atoms with Crippen molar-refractivity contribution in [3.8, 4) is 0 Å². The SMILES string of the molecule is CC[C@H]1CCCCN1C(=O)c1cc(N)n(CC)n1. The molecular formula is C13H22N4O. The number of hydrogen-bond donors (Lipinski definition) is 1. The Morgan fingerprint density at radius 1 is 1.50 bits per heavy atom. The Hall–Kier alpha value is -1.52. The summed E-state index contributed by atoms with van der Waals surface area (Å²) in [6.45, 7) is 5.63. The van der Waals surface area contributed by atoms with E-state index in [1.165, 1.54) is 6.42 Å². The Morgan fingerprint density at radius 2 is 2.28 bits per heavy atom. The van der Waals surface area contributed by atoms with E-state index in [1.807, 2.05) is 11.8 Å². The molecule has 0 unspecified atom stereocenters. The lowest BCUT2D eigenvalue weighted by Gasteiger charge is -2.34. The Labute approximate surface area is 108 Å². The molecule has 2 heterocycles. The van der Waals surface area contributed by atoms with Crippen molar-refractivity contribution in [3.05, 3.63) is 11.8 Å². The van der Waals surface area contributed by atoms with Crippen molar-refractivity contribution in [1.82, 2.24) is 14.7 Å². The van der Waals surface area contributed by atoms with E-state index in [9.17, 15) is 4.79 Å². The van der Waals surface area contributed by atoms with Crippen LogP contribution < -0.4 is 5.73 Å². The van der Waals surface area contributed by atoms with Crippen LogP contribution >= 0.6 is 0 Å². The van der Waals surface area contributed by atoms with Crippen LogP contribution in [0.15, 0.2) is 6.07 Å². The summed E-state index contributed by atoms with van der Waals surface area (Å²) in [6, 6.07) is 2.05. The first-order valence-electron chi connectivity index (χ1n) is 6.81. The van der Waals surface area contributed by atoms with E-state index < -0.39 is 0 Å². The van der Waals surface area contributed by atoms with Crippen molar-refractivity contribution in [2.75, 3.05) is 12.3 Å². The van der Waals surface area contributed by atoms with Gasteiger partial charge in [-0.3, -0.25) is 4.79 Å². The van der Waals surface area contributed by atoms with E-state index in [2.05, 4.69) is 12.0 Å². The smallest absolute Gasteiger partial charge is 0.274 e. The topological polar surface area (TPSA) is 64.2 Å². The predicted octanol–water partition coefficient (Wildman–Crippen LogP) is 1.89. The Morgan fingerprint density at radius 3 is 2.89 bits per heavy atom. The summed E-state index contributed by atoms with van der Waals surface area (Å²) in [7, 11) is 0. The van der Waals surface area contributed by atoms with Crippen LogP contribution in [-0.2, 0) is 6.54 Å². The molecule has 1 saturated heterocycles. The minimum atomic E-state index is 0.0282. The maximum absolute atomic E-state index is 12.4. The molecule has 1 amide bonds. The number of nitrogen functional groups attached to an aromatic ring is 1. The zero-order valence-electron chi connectivity index (χ0n) is 11.2. The fourth-order valence-corrected chi connectivity index (χ4v) is 2.63. The number of aryl methyl sites for hydroxylation is 1. The molecule has 1 atom stereocenters. The zero-order valence-corrected chi connectivity index (χ0v) is 11.2. The molecule has 2 N–H and O–H groups in total. The molecule has 5 nitrogen and oxygen atoms in total. The molecule has 2 rings (SSSR count). The first-order chi connectivity index (χ1) is 8.67. The lowest BCUT2D eigenvalue weighted by Crippen LogP contribution is -2.43. The summed E-state index contributed by atoms with van der Waals surface area (Å²) in [6.07, 6.45) is 4.42. The van der Waals surface area contributed by atoms with Gasteiger partial charge in [-0.25, -0.2) is 4.68 Å². The van der Waals surface area contributed by atoms with E-state index >= 15 is 0 Å². The van der Waals surface area contributed by atoms with Crippen molar-refractivity contribution < 1.29 is 4.79 Å². The summed E-state index contributed by atoms with van der Waals surface area (Å²) < 4.78 is 1.66. The van der Waals surface area contributed by atoms with Gasteiger partial charge < -0.3 is 10.6 Å². The third-order valence-corrected chi connectivity index (χ3v) is 3.69. The van der Waals surface area contributed by atoms with Gasteiger partial charge in [0.1, 0.15) is 5.82 Å². The van der Waals surface area contributed by atoms with E-state index in [0.717, 1.165) is 25.8 Å². The Balaban J connectivity index is 2.18. The molecule has 1 aromatic rings. The van der Waals surface area contributed by atoms with Gasteiger partial charge in [0.25, 0.3) is 5.91 Å². The van der Waals surface area contributed by atoms with Gasteiger partial charge in [0.05, 0.1) is 0 Å². The maximum Gasteiger partial charge on any atom is 0.274 e. The number of likely N-dealkylation sites (tertiary alicyclic amines) is 1. The second-order valence-electron chi connectivity index (χ2n) is 4.83. The van der Waals surface area contributed by atoms with Gasteiger partial charge in [0.2, 0.25) is 0 Å². The van der Waals surface area contributed by atoms with Crippen LogP contribution in [-0.4, -0.2) is 33.2 Å². The van der Waals surface area contributed by atoms with E-state index in [1.54, 1.807) is 10.7 Å². The predicted molar refractivity (Wildman–Crippen MR) is 71.3 cm³/mol. The second-order valence-corrected chi connectivity index (χ2v) is 4.83. The van der Waals surface area contributed by atoms with Gasteiger partial charge in [0.15, 0.2) is 5.69 Å². The number of anilines is 1. The van der Waals surface area contributed by atoms with Gasteiger partial charge in [0, 0.05) is 25.2 Å². The highest BCUT2D eigenvalue weighted by atomic mass is 16.2. The maximum atomic E-state index is 12.4. The molecule has 1 fully saturated rings. The number of nitrogens with zero attached hydrogens (tertiary/aromatic N) is 3. The third-order valence-electron chi connectivity index (χ3n) is 3.69. The fraction of sp³-hybridized carbons (Fsp3) is 0.692. The van der Waals surface area contributed by atoms with Gasteiger partial charge in [-0.05, 0) is 32.6 Å².